The monoisotopic (exact) mass is 259 g/mol. The molecule has 2 atom stereocenters. The predicted molar refractivity (Wildman–Crippen MR) is 80.3 cm³/mol. The van der Waals surface area contributed by atoms with E-state index in [-0.39, 0.29) is 0 Å². The van der Waals surface area contributed by atoms with Crippen molar-refractivity contribution in [2.24, 2.45) is 0 Å². The molecule has 2 rings (SSSR count). The van der Waals surface area contributed by atoms with Crippen LogP contribution < -0.4 is 5.32 Å². The van der Waals surface area contributed by atoms with Gasteiger partial charge in [0.2, 0.25) is 0 Å². The zero-order valence-corrected chi connectivity index (χ0v) is 11.9. The fourth-order valence-electron chi connectivity index (χ4n) is 2.32. The highest BCUT2D eigenvalue weighted by atomic mass is 32.1. The molecule has 1 N–H and O–H groups in total. The van der Waals surface area contributed by atoms with E-state index in [1.54, 1.807) is 0 Å². The number of benzene rings is 1. The van der Waals surface area contributed by atoms with E-state index in [9.17, 15) is 0 Å². The number of nitrogens with one attached hydrogen (secondary N) is 1. The van der Waals surface area contributed by atoms with Crippen molar-refractivity contribution in [3.8, 4) is 0 Å². The van der Waals surface area contributed by atoms with Crippen LogP contribution in [0.3, 0.4) is 0 Å². The van der Waals surface area contributed by atoms with E-state index in [0.29, 0.717) is 12.0 Å². The fourth-order valence-corrected chi connectivity index (χ4v) is 3.09. The van der Waals surface area contributed by atoms with Crippen molar-refractivity contribution < 1.29 is 0 Å². The lowest BCUT2D eigenvalue weighted by Crippen LogP contribution is -2.35. The number of likely N-dealkylation sites (N-methyl/N-ethyl adjacent to an activating group) is 1. The first-order chi connectivity index (χ1) is 8.81. The standard InChI is InChI=1S/C16H21NS/c1-3-17-16(12-15-10-7-11-18-15)13(2)14-8-5-4-6-9-14/h4-11,13,16-17H,3,12H2,1-2H3. The molecule has 1 heterocycles. The Morgan fingerprint density at radius 3 is 2.50 bits per heavy atom. The van der Waals surface area contributed by atoms with E-state index in [2.05, 4.69) is 67.0 Å². The quantitative estimate of drug-likeness (QED) is 0.824. The molecule has 2 aromatic rings. The maximum atomic E-state index is 3.63. The Labute approximate surface area is 114 Å². The van der Waals surface area contributed by atoms with E-state index in [1.165, 1.54) is 10.4 Å². The molecule has 0 saturated carbocycles. The van der Waals surface area contributed by atoms with Crippen molar-refractivity contribution in [2.75, 3.05) is 6.54 Å². The second-order valence-electron chi connectivity index (χ2n) is 4.65. The van der Waals surface area contributed by atoms with Gasteiger partial charge in [0.15, 0.2) is 0 Å². The summed E-state index contributed by atoms with van der Waals surface area (Å²) in [5.41, 5.74) is 1.42. The molecular weight excluding hydrogens is 238 g/mol. The zero-order valence-electron chi connectivity index (χ0n) is 11.1. The average molecular weight is 259 g/mol. The second kappa shape index (κ2) is 6.72. The molecule has 0 bridgehead atoms. The maximum Gasteiger partial charge on any atom is 0.0181 e. The van der Waals surface area contributed by atoms with Gasteiger partial charge >= 0.3 is 0 Å². The number of hydrogen-bond acceptors (Lipinski definition) is 2. The third-order valence-electron chi connectivity index (χ3n) is 3.40. The van der Waals surface area contributed by atoms with Gasteiger partial charge in [-0.3, -0.25) is 0 Å². The summed E-state index contributed by atoms with van der Waals surface area (Å²) in [5.74, 6) is 0.535. The topological polar surface area (TPSA) is 12.0 Å². The summed E-state index contributed by atoms with van der Waals surface area (Å²) in [4.78, 5) is 1.46. The summed E-state index contributed by atoms with van der Waals surface area (Å²) in [6.07, 6.45) is 1.11. The molecule has 2 heteroatoms. The summed E-state index contributed by atoms with van der Waals surface area (Å²) < 4.78 is 0. The first-order valence-corrected chi connectivity index (χ1v) is 7.50. The molecule has 1 aromatic heterocycles. The van der Waals surface area contributed by atoms with Crippen LogP contribution in [0, 0.1) is 0 Å². The third-order valence-corrected chi connectivity index (χ3v) is 4.30. The molecule has 0 aliphatic rings. The highest BCUT2D eigenvalue weighted by Gasteiger charge is 2.18. The zero-order chi connectivity index (χ0) is 12.8. The Morgan fingerprint density at radius 2 is 1.89 bits per heavy atom. The van der Waals surface area contributed by atoms with Crippen LogP contribution in [0.5, 0.6) is 0 Å². The third kappa shape index (κ3) is 3.44. The molecule has 0 aliphatic heterocycles. The molecule has 0 amide bonds. The van der Waals surface area contributed by atoms with Crippen LogP contribution in [0.25, 0.3) is 0 Å². The van der Waals surface area contributed by atoms with Gasteiger partial charge in [-0.2, -0.15) is 0 Å². The highest BCUT2D eigenvalue weighted by molar-refractivity contribution is 7.09. The van der Waals surface area contributed by atoms with Crippen LogP contribution in [0.2, 0.25) is 0 Å². The van der Waals surface area contributed by atoms with Crippen LogP contribution in [0.4, 0.5) is 0 Å². The molecule has 0 radical (unpaired) electrons. The van der Waals surface area contributed by atoms with Crippen LogP contribution in [-0.2, 0) is 6.42 Å². The fraction of sp³-hybridized carbons (Fsp3) is 0.375. The van der Waals surface area contributed by atoms with Gasteiger partial charge in [-0.15, -0.1) is 11.3 Å². The maximum absolute atomic E-state index is 3.63. The van der Waals surface area contributed by atoms with Crippen molar-refractivity contribution in [1.82, 2.24) is 5.32 Å². The largest absolute Gasteiger partial charge is 0.313 e. The van der Waals surface area contributed by atoms with Crippen LogP contribution in [0.15, 0.2) is 47.8 Å². The lowest BCUT2D eigenvalue weighted by atomic mass is 9.91. The van der Waals surface area contributed by atoms with Gasteiger partial charge < -0.3 is 5.32 Å². The highest BCUT2D eigenvalue weighted by Crippen LogP contribution is 2.23. The van der Waals surface area contributed by atoms with Crippen molar-refractivity contribution in [3.05, 3.63) is 58.3 Å². The minimum Gasteiger partial charge on any atom is -0.313 e. The summed E-state index contributed by atoms with van der Waals surface area (Å²) >= 11 is 1.85. The van der Waals surface area contributed by atoms with Gasteiger partial charge in [-0.05, 0) is 35.9 Å². The van der Waals surface area contributed by atoms with Gasteiger partial charge in [0, 0.05) is 10.9 Å². The lowest BCUT2D eigenvalue weighted by molar-refractivity contribution is 0.460. The normalized spacial score (nSPS) is 14.3. The molecule has 18 heavy (non-hydrogen) atoms. The first-order valence-electron chi connectivity index (χ1n) is 6.62. The van der Waals surface area contributed by atoms with E-state index in [0.717, 1.165) is 13.0 Å². The Balaban J connectivity index is 2.09. The van der Waals surface area contributed by atoms with E-state index in [1.807, 2.05) is 11.3 Å². The van der Waals surface area contributed by atoms with Crippen LogP contribution in [0.1, 0.15) is 30.2 Å². The molecule has 0 saturated heterocycles. The minimum absolute atomic E-state index is 0.510. The average Bonchev–Trinajstić information content (AvgIpc) is 2.91. The van der Waals surface area contributed by atoms with Gasteiger partial charge in [-0.25, -0.2) is 0 Å². The van der Waals surface area contributed by atoms with Crippen molar-refractivity contribution in [2.45, 2.75) is 32.2 Å². The SMILES string of the molecule is CCNC(Cc1cccs1)C(C)c1ccccc1. The smallest absolute Gasteiger partial charge is 0.0181 e. The van der Waals surface area contributed by atoms with E-state index in [4.69, 9.17) is 0 Å². The Kier molecular flexibility index (Phi) is 4.97. The molecule has 1 nitrogen and oxygen atoms in total. The summed E-state index contributed by atoms with van der Waals surface area (Å²) in [6, 6.07) is 15.7. The molecule has 2 unspecified atom stereocenters. The Hall–Kier alpha value is -1.12. The van der Waals surface area contributed by atoms with Crippen LogP contribution in [-0.4, -0.2) is 12.6 Å². The number of rotatable bonds is 6. The van der Waals surface area contributed by atoms with Crippen LogP contribution >= 0.6 is 11.3 Å². The molecule has 1 aromatic carbocycles. The summed E-state index contributed by atoms with van der Waals surface area (Å²) in [7, 11) is 0. The summed E-state index contributed by atoms with van der Waals surface area (Å²) in [6.45, 7) is 5.52. The number of hydrogen-bond donors (Lipinski definition) is 1. The predicted octanol–water partition coefficient (Wildman–Crippen LogP) is 4.07. The molecule has 0 fully saturated rings. The van der Waals surface area contributed by atoms with Crippen molar-refractivity contribution >= 4 is 11.3 Å². The van der Waals surface area contributed by atoms with E-state index >= 15 is 0 Å². The lowest BCUT2D eigenvalue weighted by Gasteiger charge is -2.25. The van der Waals surface area contributed by atoms with Gasteiger partial charge in [-0.1, -0.05) is 50.2 Å². The Bertz CT molecular complexity index is 435. The molecule has 0 aliphatic carbocycles. The molecule has 0 spiro atoms. The minimum atomic E-state index is 0.510. The first kappa shape index (κ1) is 13.3. The molecule has 96 valence electrons. The van der Waals surface area contributed by atoms with E-state index < -0.39 is 0 Å². The van der Waals surface area contributed by atoms with Gasteiger partial charge in [0.05, 0.1) is 0 Å². The van der Waals surface area contributed by atoms with Crippen molar-refractivity contribution in [3.63, 3.8) is 0 Å². The Morgan fingerprint density at radius 1 is 1.11 bits per heavy atom. The second-order valence-corrected chi connectivity index (χ2v) is 5.68. The number of thiophene rings is 1. The van der Waals surface area contributed by atoms with Gasteiger partial charge in [0.25, 0.3) is 0 Å². The summed E-state index contributed by atoms with van der Waals surface area (Å²) in [5, 5.41) is 5.78. The molecular formula is C16H21NS. The van der Waals surface area contributed by atoms with Gasteiger partial charge in [0.1, 0.15) is 0 Å². The van der Waals surface area contributed by atoms with Crippen molar-refractivity contribution in [1.29, 1.82) is 0 Å².